The number of aryl methyl sites for hydroxylation is 1. The highest BCUT2D eigenvalue weighted by molar-refractivity contribution is 5.78. The van der Waals surface area contributed by atoms with Crippen LogP contribution in [0.1, 0.15) is 88.1 Å². The van der Waals surface area contributed by atoms with Crippen LogP contribution in [-0.2, 0) is 19.3 Å². The van der Waals surface area contributed by atoms with E-state index in [4.69, 9.17) is 0 Å². The molecule has 0 fully saturated rings. The Bertz CT molecular complexity index is 806. The van der Waals surface area contributed by atoms with Gasteiger partial charge in [0.1, 0.15) is 0 Å². The van der Waals surface area contributed by atoms with Crippen LogP contribution in [0.2, 0.25) is 0 Å². The maximum Gasteiger partial charge on any atom is -0.00325 e. The van der Waals surface area contributed by atoms with Crippen molar-refractivity contribution < 1.29 is 0 Å². The molecule has 1 aromatic carbocycles. The minimum Gasteiger partial charge on any atom is -0.0852 e. The lowest BCUT2D eigenvalue weighted by molar-refractivity contribution is 0.217. The van der Waals surface area contributed by atoms with E-state index >= 15 is 0 Å². The lowest BCUT2D eigenvalue weighted by Gasteiger charge is -2.42. The first-order valence-electron chi connectivity index (χ1n) is 11.9. The van der Waals surface area contributed by atoms with Gasteiger partial charge in [-0.1, -0.05) is 58.9 Å². The van der Waals surface area contributed by atoms with E-state index in [-0.39, 0.29) is 0 Å². The molecule has 1 aromatic rings. The molecule has 3 aliphatic rings. The van der Waals surface area contributed by atoms with Gasteiger partial charge in [-0.05, 0) is 114 Å². The SMILES string of the molecule is Cc1c2c(cc3c1CCC1(C)C3=CCC1C(C)/C=C/C(C)C(C)C)CCCC2. The fraction of sp³-hybridized carbons (Fsp3) is 0.643. The quantitative estimate of drug-likeness (QED) is 0.472. The smallest absolute Gasteiger partial charge is 0.00325 e. The van der Waals surface area contributed by atoms with Crippen molar-refractivity contribution in [1.82, 2.24) is 0 Å². The minimum absolute atomic E-state index is 0.354. The van der Waals surface area contributed by atoms with Crippen LogP contribution >= 0.6 is 0 Å². The van der Waals surface area contributed by atoms with Gasteiger partial charge in [0.05, 0.1) is 0 Å². The van der Waals surface area contributed by atoms with Gasteiger partial charge in [0.25, 0.3) is 0 Å². The first-order chi connectivity index (χ1) is 13.3. The van der Waals surface area contributed by atoms with Gasteiger partial charge in [0.15, 0.2) is 0 Å². The Kier molecular flexibility index (Phi) is 5.36. The van der Waals surface area contributed by atoms with Crippen LogP contribution in [0.25, 0.3) is 5.57 Å². The van der Waals surface area contributed by atoms with Crippen LogP contribution in [0.15, 0.2) is 24.3 Å². The number of benzene rings is 1. The Morgan fingerprint density at radius 1 is 1.00 bits per heavy atom. The third kappa shape index (κ3) is 3.21. The molecule has 28 heavy (non-hydrogen) atoms. The van der Waals surface area contributed by atoms with Crippen molar-refractivity contribution in [3.8, 4) is 0 Å². The molecule has 0 radical (unpaired) electrons. The summed E-state index contributed by atoms with van der Waals surface area (Å²) in [5, 5.41) is 0. The molecular formula is C28H40. The molecule has 0 heteroatoms. The average Bonchev–Trinajstić information content (AvgIpc) is 3.03. The summed E-state index contributed by atoms with van der Waals surface area (Å²) in [5.41, 5.74) is 10.3. The topological polar surface area (TPSA) is 0 Å². The molecule has 4 rings (SSSR count). The van der Waals surface area contributed by atoms with E-state index in [2.05, 4.69) is 65.8 Å². The molecule has 0 nitrogen and oxygen atoms in total. The summed E-state index contributed by atoms with van der Waals surface area (Å²) < 4.78 is 0. The van der Waals surface area contributed by atoms with Gasteiger partial charge < -0.3 is 0 Å². The molecule has 0 heterocycles. The zero-order chi connectivity index (χ0) is 20.1. The van der Waals surface area contributed by atoms with Crippen LogP contribution in [0.4, 0.5) is 0 Å². The standard InChI is InChI=1S/C28H40/c1-18(2)19(3)11-12-20(4)26-13-14-27-25-17-22-9-7-8-10-23(22)21(5)24(25)15-16-28(26,27)6/h11-12,14,17-20,26H,7-10,13,15-16H2,1-6H3/b12-11+. The lowest BCUT2D eigenvalue weighted by atomic mass is 9.61. The van der Waals surface area contributed by atoms with Gasteiger partial charge in [-0.15, -0.1) is 0 Å². The maximum atomic E-state index is 2.62. The summed E-state index contributed by atoms with van der Waals surface area (Å²) in [5.74, 6) is 2.81. The van der Waals surface area contributed by atoms with E-state index in [1.807, 2.05) is 0 Å². The molecule has 0 saturated carbocycles. The summed E-state index contributed by atoms with van der Waals surface area (Å²) in [6.07, 6.45) is 16.8. The van der Waals surface area contributed by atoms with E-state index in [0.29, 0.717) is 17.3 Å². The Morgan fingerprint density at radius 2 is 1.75 bits per heavy atom. The fourth-order valence-electron chi connectivity index (χ4n) is 6.29. The molecular weight excluding hydrogens is 336 g/mol. The summed E-state index contributed by atoms with van der Waals surface area (Å²) >= 11 is 0. The van der Waals surface area contributed by atoms with E-state index in [1.54, 1.807) is 33.4 Å². The minimum atomic E-state index is 0.354. The molecule has 0 spiro atoms. The summed E-state index contributed by atoms with van der Waals surface area (Å²) in [4.78, 5) is 0. The number of fused-ring (bicyclic) bond motifs is 4. The lowest BCUT2D eigenvalue weighted by Crippen LogP contribution is -2.33. The molecule has 152 valence electrons. The largest absolute Gasteiger partial charge is 0.0852 e. The monoisotopic (exact) mass is 376 g/mol. The second-order valence-corrected chi connectivity index (χ2v) is 10.6. The van der Waals surface area contributed by atoms with Gasteiger partial charge >= 0.3 is 0 Å². The highest BCUT2D eigenvalue weighted by Crippen LogP contribution is 2.58. The van der Waals surface area contributed by atoms with E-state index in [1.165, 1.54) is 44.9 Å². The number of hydrogen-bond donors (Lipinski definition) is 0. The fourth-order valence-corrected chi connectivity index (χ4v) is 6.29. The molecule has 4 unspecified atom stereocenters. The van der Waals surface area contributed by atoms with Crippen LogP contribution in [0.3, 0.4) is 0 Å². The van der Waals surface area contributed by atoms with Gasteiger partial charge in [-0.3, -0.25) is 0 Å². The second-order valence-electron chi connectivity index (χ2n) is 10.6. The van der Waals surface area contributed by atoms with Crippen LogP contribution in [0, 0.1) is 36.0 Å². The molecule has 0 N–H and O–H groups in total. The molecule has 3 aliphatic carbocycles. The van der Waals surface area contributed by atoms with Crippen molar-refractivity contribution >= 4 is 5.57 Å². The van der Waals surface area contributed by atoms with Crippen LogP contribution in [0.5, 0.6) is 0 Å². The summed E-state index contributed by atoms with van der Waals surface area (Å²) in [6.45, 7) is 14.5. The number of hydrogen-bond acceptors (Lipinski definition) is 0. The van der Waals surface area contributed by atoms with Gasteiger partial charge in [-0.2, -0.15) is 0 Å². The summed E-state index contributed by atoms with van der Waals surface area (Å²) in [6, 6.07) is 2.61. The van der Waals surface area contributed by atoms with E-state index in [0.717, 1.165) is 11.8 Å². The molecule has 0 bridgehead atoms. The molecule has 4 atom stereocenters. The van der Waals surface area contributed by atoms with E-state index in [9.17, 15) is 0 Å². The Balaban J connectivity index is 1.64. The number of rotatable bonds is 4. The van der Waals surface area contributed by atoms with Gasteiger partial charge in [-0.25, -0.2) is 0 Å². The third-order valence-corrected chi connectivity index (χ3v) is 8.66. The van der Waals surface area contributed by atoms with E-state index < -0.39 is 0 Å². The van der Waals surface area contributed by atoms with Crippen molar-refractivity contribution in [2.75, 3.05) is 0 Å². The van der Waals surface area contributed by atoms with Crippen molar-refractivity contribution in [2.24, 2.45) is 29.1 Å². The number of allylic oxidation sites excluding steroid dienone is 4. The summed E-state index contributed by atoms with van der Waals surface area (Å²) in [7, 11) is 0. The first kappa shape index (κ1) is 20.0. The zero-order valence-electron chi connectivity index (χ0n) is 19.1. The van der Waals surface area contributed by atoms with Crippen molar-refractivity contribution in [1.29, 1.82) is 0 Å². The Morgan fingerprint density at radius 3 is 2.50 bits per heavy atom. The van der Waals surface area contributed by atoms with Crippen molar-refractivity contribution in [3.05, 3.63) is 52.1 Å². The average molecular weight is 377 g/mol. The third-order valence-electron chi connectivity index (χ3n) is 8.66. The van der Waals surface area contributed by atoms with Gasteiger partial charge in [0, 0.05) is 0 Å². The Hall–Kier alpha value is -1.30. The highest BCUT2D eigenvalue weighted by Gasteiger charge is 2.46. The predicted molar refractivity (Wildman–Crippen MR) is 123 cm³/mol. The molecule has 0 saturated heterocycles. The van der Waals surface area contributed by atoms with Crippen LogP contribution in [-0.4, -0.2) is 0 Å². The molecule has 0 amide bonds. The normalized spacial score (nSPS) is 28.7. The Labute approximate surface area is 173 Å². The molecule has 0 aromatic heterocycles. The van der Waals surface area contributed by atoms with Crippen LogP contribution < -0.4 is 0 Å². The highest BCUT2D eigenvalue weighted by atomic mass is 14.5. The first-order valence-corrected chi connectivity index (χ1v) is 11.9. The van der Waals surface area contributed by atoms with Crippen molar-refractivity contribution in [2.45, 2.75) is 86.5 Å². The zero-order valence-corrected chi connectivity index (χ0v) is 19.1. The maximum absolute atomic E-state index is 2.62. The second kappa shape index (κ2) is 7.51. The van der Waals surface area contributed by atoms with Crippen molar-refractivity contribution in [3.63, 3.8) is 0 Å². The van der Waals surface area contributed by atoms with Gasteiger partial charge in [0.2, 0.25) is 0 Å². The molecule has 0 aliphatic heterocycles. The predicted octanol–water partition coefficient (Wildman–Crippen LogP) is 7.71.